The Balaban J connectivity index is 0.00000312. The summed E-state index contributed by atoms with van der Waals surface area (Å²) in [4.78, 5) is 4.18. The first-order valence-corrected chi connectivity index (χ1v) is 7.56. The Labute approximate surface area is 165 Å². The second-order valence-corrected chi connectivity index (χ2v) is 5.38. The number of methoxy groups -OCH3 is 2. The average molecular weight is 457 g/mol. The van der Waals surface area contributed by atoms with Crippen LogP contribution in [-0.4, -0.2) is 31.8 Å². The molecule has 0 aliphatic carbocycles. The summed E-state index contributed by atoms with van der Waals surface area (Å²) in [5, 5.41) is 13.3. The Morgan fingerprint density at radius 2 is 1.68 bits per heavy atom. The fraction of sp³-hybridized carbons (Fsp3) is 0.278. The zero-order valence-electron chi connectivity index (χ0n) is 14.5. The van der Waals surface area contributed by atoms with Crippen LogP contribution in [0.25, 0.3) is 0 Å². The van der Waals surface area contributed by atoms with Crippen molar-refractivity contribution in [1.29, 1.82) is 0 Å². The molecule has 0 spiro atoms. The quantitative estimate of drug-likeness (QED) is 0.353. The molecule has 0 fully saturated rings. The van der Waals surface area contributed by atoms with Gasteiger partial charge < -0.3 is 25.6 Å². The summed E-state index contributed by atoms with van der Waals surface area (Å²) >= 11 is 0. The van der Waals surface area contributed by atoms with E-state index in [2.05, 4.69) is 10.3 Å². The molecule has 4 N–H and O–H groups in total. The molecular formula is C18H24IN3O3. The number of aryl methyl sites for hydroxylation is 1. The third-order valence-corrected chi connectivity index (χ3v) is 3.52. The molecule has 7 heteroatoms. The van der Waals surface area contributed by atoms with Crippen molar-refractivity contribution in [3.63, 3.8) is 0 Å². The van der Waals surface area contributed by atoms with Crippen LogP contribution in [0.15, 0.2) is 47.5 Å². The highest BCUT2D eigenvalue weighted by atomic mass is 127. The van der Waals surface area contributed by atoms with E-state index in [-0.39, 0.29) is 36.5 Å². The van der Waals surface area contributed by atoms with Gasteiger partial charge in [0.15, 0.2) is 5.96 Å². The van der Waals surface area contributed by atoms with Gasteiger partial charge >= 0.3 is 0 Å². The van der Waals surface area contributed by atoms with Crippen LogP contribution in [0.4, 0.5) is 5.69 Å². The monoisotopic (exact) mass is 457 g/mol. The molecule has 136 valence electrons. The fourth-order valence-corrected chi connectivity index (χ4v) is 2.14. The van der Waals surface area contributed by atoms with Gasteiger partial charge in [0.1, 0.15) is 11.5 Å². The molecule has 2 aromatic carbocycles. The maximum Gasteiger partial charge on any atom is 0.193 e. The summed E-state index contributed by atoms with van der Waals surface area (Å²) in [5.74, 6) is 1.46. The van der Waals surface area contributed by atoms with Crippen LogP contribution >= 0.6 is 24.0 Å². The summed E-state index contributed by atoms with van der Waals surface area (Å²) in [7, 11) is 3.12. The van der Waals surface area contributed by atoms with E-state index in [1.54, 1.807) is 32.4 Å². The predicted octanol–water partition coefficient (Wildman–Crippen LogP) is 3.09. The molecule has 6 nitrogen and oxygen atoms in total. The topological polar surface area (TPSA) is 89.1 Å². The summed E-state index contributed by atoms with van der Waals surface area (Å²) in [6, 6.07) is 13.0. The number of halogens is 1. The van der Waals surface area contributed by atoms with E-state index in [0.717, 1.165) is 5.69 Å². The van der Waals surface area contributed by atoms with Gasteiger partial charge in [0.2, 0.25) is 0 Å². The number of guanidine groups is 1. The van der Waals surface area contributed by atoms with Crippen molar-refractivity contribution in [3.05, 3.63) is 53.6 Å². The molecule has 0 aliphatic heterocycles. The molecule has 0 radical (unpaired) electrons. The minimum atomic E-state index is -0.813. The number of rotatable bonds is 6. The number of nitrogens with one attached hydrogen (secondary N) is 1. The molecule has 1 unspecified atom stereocenters. The number of aliphatic hydroxyl groups excluding tert-OH is 1. The van der Waals surface area contributed by atoms with Crippen LogP contribution < -0.4 is 20.5 Å². The van der Waals surface area contributed by atoms with E-state index in [0.29, 0.717) is 17.1 Å². The van der Waals surface area contributed by atoms with Gasteiger partial charge in [-0.05, 0) is 36.8 Å². The van der Waals surface area contributed by atoms with Crippen LogP contribution in [0.1, 0.15) is 17.2 Å². The highest BCUT2D eigenvalue weighted by Gasteiger charge is 2.11. The number of nitrogens with two attached hydrogens (primary N) is 1. The third kappa shape index (κ3) is 6.43. The lowest BCUT2D eigenvalue weighted by molar-refractivity contribution is 0.186. The molecule has 25 heavy (non-hydrogen) atoms. The molecule has 2 rings (SSSR count). The Hall–Kier alpha value is -2.00. The number of aliphatic imine (C=N–C) groups is 1. The highest BCUT2D eigenvalue weighted by molar-refractivity contribution is 14.0. The summed E-state index contributed by atoms with van der Waals surface area (Å²) in [5.41, 5.74) is 8.52. The second-order valence-electron chi connectivity index (χ2n) is 5.38. The van der Waals surface area contributed by atoms with Gasteiger partial charge in [0, 0.05) is 11.8 Å². The van der Waals surface area contributed by atoms with Crippen LogP contribution in [0.3, 0.4) is 0 Å². The number of anilines is 1. The van der Waals surface area contributed by atoms with E-state index in [1.165, 1.54) is 5.56 Å². The maximum atomic E-state index is 10.3. The predicted molar refractivity (Wildman–Crippen MR) is 111 cm³/mol. The molecule has 0 aliphatic rings. The largest absolute Gasteiger partial charge is 0.497 e. The Kier molecular flexibility index (Phi) is 8.50. The summed E-state index contributed by atoms with van der Waals surface area (Å²) < 4.78 is 10.4. The zero-order chi connectivity index (χ0) is 17.5. The summed E-state index contributed by atoms with van der Waals surface area (Å²) in [6.45, 7) is 2.14. The lowest BCUT2D eigenvalue weighted by Crippen LogP contribution is -2.23. The van der Waals surface area contributed by atoms with Crippen molar-refractivity contribution in [2.24, 2.45) is 10.7 Å². The average Bonchev–Trinajstić information content (AvgIpc) is 2.61. The number of hydrogen-bond acceptors (Lipinski definition) is 4. The van der Waals surface area contributed by atoms with Gasteiger partial charge in [0.05, 0.1) is 26.9 Å². The van der Waals surface area contributed by atoms with E-state index in [4.69, 9.17) is 15.2 Å². The number of hydrogen-bond donors (Lipinski definition) is 3. The van der Waals surface area contributed by atoms with E-state index in [1.807, 2.05) is 31.2 Å². The van der Waals surface area contributed by atoms with Gasteiger partial charge in [-0.2, -0.15) is 0 Å². The van der Waals surface area contributed by atoms with Crippen molar-refractivity contribution in [1.82, 2.24) is 0 Å². The standard InChI is InChI=1S/C18H23N3O3.HI/c1-12-4-6-14(7-5-12)21-18(19)20-11-17(22)13-8-15(23-2)10-16(9-13)24-3;/h4-10,17,22H,11H2,1-3H3,(H3,19,20,21);1H. The van der Waals surface area contributed by atoms with Crippen LogP contribution in [-0.2, 0) is 0 Å². The second kappa shape index (κ2) is 10.1. The lowest BCUT2D eigenvalue weighted by Gasteiger charge is -2.13. The Morgan fingerprint density at radius 3 is 2.20 bits per heavy atom. The van der Waals surface area contributed by atoms with E-state index in [9.17, 15) is 5.11 Å². The van der Waals surface area contributed by atoms with Gasteiger partial charge in [0.25, 0.3) is 0 Å². The van der Waals surface area contributed by atoms with Crippen molar-refractivity contribution < 1.29 is 14.6 Å². The molecule has 1 atom stereocenters. The van der Waals surface area contributed by atoms with Crippen molar-refractivity contribution in [2.75, 3.05) is 26.1 Å². The lowest BCUT2D eigenvalue weighted by atomic mass is 10.1. The van der Waals surface area contributed by atoms with Crippen LogP contribution in [0.2, 0.25) is 0 Å². The minimum absolute atomic E-state index is 0. The van der Waals surface area contributed by atoms with E-state index < -0.39 is 6.10 Å². The number of aliphatic hydroxyl groups is 1. The molecule has 0 bridgehead atoms. The molecule has 0 amide bonds. The van der Waals surface area contributed by atoms with Gasteiger partial charge in [-0.15, -0.1) is 24.0 Å². The Morgan fingerprint density at radius 1 is 1.12 bits per heavy atom. The van der Waals surface area contributed by atoms with Gasteiger partial charge in [-0.3, -0.25) is 4.99 Å². The number of benzene rings is 2. The normalized spacial score (nSPS) is 12.1. The first-order chi connectivity index (χ1) is 11.5. The molecule has 0 aromatic heterocycles. The van der Waals surface area contributed by atoms with Crippen LogP contribution in [0, 0.1) is 6.92 Å². The van der Waals surface area contributed by atoms with Crippen molar-refractivity contribution >= 4 is 35.6 Å². The number of ether oxygens (including phenoxy) is 2. The SMILES string of the molecule is COc1cc(OC)cc(C(O)CN=C(N)Nc2ccc(C)cc2)c1.I. The molecular weight excluding hydrogens is 433 g/mol. The molecule has 0 saturated carbocycles. The molecule has 2 aromatic rings. The van der Waals surface area contributed by atoms with Crippen molar-refractivity contribution in [2.45, 2.75) is 13.0 Å². The first kappa shape index (κ1) is 21.0. The van der Waals surface area contributed by atoms with Gasteiger partial charge in [-0.25, -0.2) is 0 Å². The summed E-state index contributed by atoms with van der Waals surface area (Å²) in [6.07, 6.45) is -0.813. The first-order valence-electron chi connectivity index (χ1n) is 7.56. The fourth-order valence-electron chi connectivity index (χ4n) is 2.14. The third-order valence-electron chi connectivity index (χ3n) is 3.52. The highest BCUT2D eigenvalue weighted by Crippen LogP contribution is 2.26. The zero-order valence-corrected chi connectivity index (χ0v) is 16.9. The van der Waals surface area contributed by atoms with Crippen LogP contribution in [0.5, 0.6) is 11.5 Å². The molecule has 0 saturated heterocycles. The Bertz CT molecular complexity index is 683. The maximum absolute atomic E-state index is 10.3. The van der Waals surface area contributed by atoms with Gasteiger partial charge in [-0.1, -0.05) is 17.7 Å². The minimum Gasteiger partial charge on any atom is -0.497 e. The number of nitrogens with zero attached hydrogens (tertiary/aromatic N) is 1. The van der Waals surface area contributed by atoms with Crippen molar-refractivity contribution in [3.8, 4) is 11.5 Å². The smallest absolute Gasteiger partial charge is 0.193 e. The molecule has 0 heterocycles. The van der Waals surface area contributed by atoms with E-state index >= 15 is 0 Å².